The molecule has 1 aliphatic heterocycles. The van der Waals surface area contributed by atoms with Gasteiger partial charge in [0.15, 0.2) is 8.32 Å². The van der Waals surface area contributed by atoms with E-state index in [9.17, 15) is 4.80 Å². The first kappa shape index (κ1) is 16.0. The summed E-state index contributed by atoms with van der Waals surface area (Å²) in [6.07, 6.45) is 5.23. The van der Waals surface area contributed by atoms with E-state index in [0.717, 1.165) is 17.8 Å². The molecule has 2 aromatic carbocycles. The molecule has 120 valence electrons. The summed E-state index contributed by atoms with van der Waals surface area (Å²) in [6, 6.07) is 14.9. The van der Waals surface area contributed by atoms with Crippen LogP contribution in [0.4, 0.5) is 11.4 Å². The van der Waals surface area contributed by atoms with Crippen molar-refractivity contribution in [2.75, 3.05) is 5.32 Å². The average molecular weight is 324 g/mol. The first-order valence-electron chi connectivity index (χ1n) is 8.16. The van der Waals surface area contributed by atoms with E-state index in [0.29, 0.717) is 0 Å². The van der Waals surface area contributed by atoms with Gasteiger partial charge in [0.25, 0.3) is 0 Å². The summed E-state index contributed by atoms with van der Waals surface area (Å²) >= 11 is 0. The lowest BCUT2D eigenvalue weighted by Gasteiger charge is -2.35. The molecule has 0 saturated carbocycles. The third-order valence-corrected chi connectivity index (χ3v) is 8.58. The normalized spacial score (nSPS) is 13.8. The molecule has 0 fully saturated rings. The predicted molar refractivity (Wildman–Crippen MR) is 103 cm³/mol. The fraction of sp³-hybridized carbons (Fsp3) is 0.300. The molecule has 23 heavy (non-hydrogen) atoms. The van der Waals surface area contributed by atoms with Crippen LogP contribution in [0.15, 0.2) is 42.5 Å². The SMILES string of the molecule is CC(C)(Cc1ccc2c(c1)C=Cc1ccccc1N2)[Si](C)(C)O. The van der Waals surface area contributed by atoms with Crippen LogP contribution in [0.3, 0.4) is 0 Å². The van der Waals surface area contributed by atoms with Crippen molar-refractivity contribution in [1.82, 2.24) is 0 Å². The van der Waals surface area contributed by atoms with Crippen LogP contribution in [0.1, 0.15) is 30.5 Å². The van der Waals surface area contributed by atoms with Crippen molar-refractivity contribution in [2.45, 2.75) is 38.4 Å². The number of hydrogen-bond donors (Lipinski definition) is 2. The van der Waals surface area contributed by atoms with Crippen LogP contribution in [-0.4, -0.2) is 13.1 Å². The molecule has 2 aromatic rings. The van der Waals surface area contributed by atoms with Crippen LogP contribution in [-0.2, 0) is 6.42 Å². The maximum Gasteiger partial charge on any atom is 0.188 e. The Morgan fingerprint density at radius 3 is 2.35 bits per heavy atom. The second-order valence-electron chi connectivity index (χ2n) is 7.59. The predicted octanol–water partition coefficient (Wildman–Crippen LogP) is 5.43. The van der Waals surface area contributed by atoms with Gasteiger partial charge in [0.05, 0.1) is 0 Å². The number of hydrogen-bond acceptors (Lipinski definition) is 2. The standard InChI is InChI=1S/C20H25NOSi/c1-20(2,23(3,4)22)14-15-9-12-19-17(13-15)11-10-16-7-5-6-8-18(16)21-19/h5-13,21-22H,14H2,1-4H3. The lowest BCUT2D eigenvalue weighted by atomic mass is 9.99. The van der Waals surface area contributed by atoms with Gasteiger partial charge in [0.2, 0.25) is 0 Å². The van der Waals surface area contributed by atoms with E-state index in [2.05, 4.69) is 73.8 Å². The zero-order chi connectivity index (χ0) is 16.7. The van der Waals surface area contributed by atoms with Gasteiger partial charge in [-0.15, -0.1) is 0 Å². The fourth-order valence-corrected chi connectivity index (χ4v) is 3.42. The van der Waals surface area contributed by atoms with Gasteiger partial charge in [0.1, 0.15) is 0 Å². The van der Waals surface area contributed by atoms with Gasteiger partial charge < -0.3 is 10.1 Å². The van der Waals surface area contributed by atoms with Gasteiger partial charge in [-0.3, -0.25) is 0 Å². The molecule has 2 nitrogen and oxygen atoms in total. The number of fused-ring (bicyclic) bond motifs is 2. The smallest absolute Gasteiger partial charge is 0.188 e. The summed E-state index contributed by atoms with van der Waals surface area (Å²) < 4.78 is 0. The van der Waals surface area contributed by atoms with E-state index < -0.39 is 8.32 Å². The molecule has 0 radical (unpaired) electrons. The van der Waals surface area contributed by atoms with Gasteiger partial charge in [-0.1, -0.05) is 50.3 Å². The highest BCUT2D eigenvalue weighted by atomic mass is 28.4. The molecular formula is C20H25NOSi. The first-order valence-corrected chi connectivity index (χ1v) is 11.1. The van der Waals surface area contributed by atoms with Crippen molar-refractivity contribution in [1.29, 1.82) is 0 Å². The zero-order valence-electron chi connectivity index (χ0n) is 14.4. The Hall–Kier alpha value is -1.84. The quantitative estimate of drug-likeness (QED) is 0.630. The maximum absolute atomic E-state index is 10.5. The summed E-state index contributed by atoms with van der Waals surface area (Å²) in [5.74, 6) is 0. The molecule has 0 unspecified atom stereocenters. The highest BCUT2D eigenvalue weighted by Crippen LogP contribution is 2.39. The monoisotopic (exact) mass is 323 g/mol. The molecule has 0 spiro atoms. The molecule has 3 rings (SSSR count). The van der Waals surface area contributed by atoms with Crippen molar-refractivity contribution in [3.05, 3.63) is 59.2 Å². The summed E-state index contributed by atoms with van der Waals surface area (Å²) in [5.41, 5.74) is 5.95. The van der Waals surface area contributed by atoms with Crippen molar-refractivity contribution in [3.8, 4) is 0 Å². The van der Waals surface area contributed by atoms with Crippen LogP contribution in [0.25, 0.3) is 12.2 Å². The zero-order valence-corrected chi connectivity index (χ0v) is 15.4. The maximum atomic E-state index is 10.5. The van der Waals surface area contributed by atoms with Gasteiger partial charge in [0, 0.05) is 11.4 Å². The molecule has 0 saturated heterocycles. The molecule has 1 aliphatic rings. The lowest BCUT2D eigenvalue weighted by molar-refractivity contribution is 0.467. The van der Waals surface area contributed by atoms with E-state index in [4.69, 9.17) is 0 Å². The number of benzene rings is 2. The number of rotatable bonds is 3. The Labute approximate surface area is 140 Å². The number of para-hydroxylation sites is 1. The van der Waals surface area contributed by atoms with Crippen molar-refractivity contribution in [2.24, 2.45) is 0 Å². The summed E-state index contributed by atoms with van der Waals surface area (Å²) in [6.45, 7) is 8.40. The molecule has 0 aromatic heterocycles. The molecule has 2 N–H and O–H groups in total. The third kappa shape index (κ3) is 3.26. The Balaban J connectivity index is 1.92. The molecule has 0 aliphatic carbocycles. The van der Waals surface area contributed by atoms with E-state index in [-0.39, 0.29) is 5.04 Å². The van der Waals surface area contributed by atoms with E-state index in [1.807, 2.05) is 13.1 Å². The Kier molecular flexibility index (Phi) is 3.94. The van der Waals surface area contributed by atoms with Gasteiger partial charge in [-0.2, -0.15) is 0 Å². The minimum Gasteiger partial charge on any atom is -0.432 e. The van der Waals surface area contributed by atoms with Crippen molar-refractivity contribution < 1.29 is 4.80 Å². The van der Waals surface area contributed by atoms with E-state index in [1.165, 1.54) is 16.7 Å². The van der Waals surface area contributed by atoms with Gasteiger partial charge in [-0.25, -0.2) is 0 Å². The molecular weight excluding hydrogens is 298 g/mol. The number of anilines is 2. The largest absolute Gasteiger partial charge is 0.432 e. The van der Waals surface area contributed by atoms with Crippen molar-refractivity contribution >= 4 is 31.8 Å². The topological polar surface area (TPSA) is 32.3 Å². The molecule has 0 bridgehead atoms. The Morgan fingerprint density at radius 2 is 1.61 bits per heavy atom. The van der Waals surface area contributed by atoms with Crippen LogP contribution in [0.5, 0.6) is 0 Å². The molecule has 0 atom stereocenters. The molecule has 1 heterocycles. The van der Waals surface area contributed by atoms with E-state index >= 15 is 0 Å². The van der Waals surface area contributed by atoms with Gasteiger partial charge >= 0.3 is 0 Å². The fourth-order valence-electron chi connectivity index (χ4n) is 2.78. The van der Waals surface area contributed by atoms with Crippen molar-refractivity contribution in [3.63, 3.8) is 0 Å². The first-order chi connectivity index (χ1) is 10.8. The van der Waals surface area contributed by atoms with E-state index in [1.54, 1.807) is 0 Å². The Morgan fingerprint density at radius 1 is 0.957 bits per heavy atom. The highest BCUT2D eigenvalue weighted by Gasteiger charge is 2.37. The average Bonchev–Trinajstić information content (AvgIpc) is 2.64. The summed E-state index contributed by atoms with van der Waals surface area (Å²) in [7, 11) is -2.20. The number of nitrogens with one attached hydrogen (secondary N) is 1. The van der Waals surface area contributed by atoms with Crippen LogP contribution >= 0.6 is 0 Å². The third-order valence-electron chi connectivity index (χ3n) is 5.09. The minimum absolute atomic E-state index is 0.0495. The van der Waals surface area contributed by atoms with Gasteiger partial charge in [-0.05, 0) is 59.4 Å². The lowest BCUT2D eigenvalue weighted by Crippen LogP contribution is -2.40. The van der Waals surface area contributed by atoms with Crippen LogP contribution in [0.2, 0.25) is 18.1 Å². The summed E-state index contributed by atoms with van der Waals surface area (Å²) in [4.78, 5) is 10.5. The summed E-state index contributed by atoms with van der Waals surface area (Å²) in [5, 5.41) is 3.47. The second kappa shape index (κ2) is 5.66. The van der Waals surface area contributed by atoms with Crippen LogP contribution in [0, 0.1) is 0 Å². The molecule has 3 heteroatoms. The minimum atomic E-state index is -2.20. The Bertz CT molecular complexity index is 756. The molecule has 0 amide bonds. The second-order valence-corrected chi connectivity index (χ2v) is 12.1. The highest BCUT2D eigenvalue weighted by molar-refractivity contribution is 6.72. The van der Waals surface area contributed by atoms with Crippen LogP contribution < -0.4 is 5.32 Å².